The Morgan fingerprint density at radius 2 is 1.55 bits per heavy atom. The summed E-state index contributed by atoms with van der Waals surface area (Å²) in [6, 6.07) is 13.1. The van der Waals surface area contributed by atoms with Gasteiger partial charge in [-0.15, -0.1) is 0 Å². The first kappa shape index (κ1) is 22.2. The van der Waals surface area contributed by atoms with Crippen molar-refractivity contribution in [1.82, 2.24) is 4.90 Å². The molecule has 8 nitrogen and oxygen atoms in total. The van der Waals surface area contributed by atoms with Gasteiger partial charge in [0.2, 0.25) is 0 Å². The molecule has 1 atom stereocenters. The number of imide groups is 1. The molecule has 0 aliphatic carbocycles. The van der Waals surface area contributed by atoms with E-state index in [-0.39, 0.29) is 36.0 Å². The number of carbonyl (C=O) groups excluding carboxylic acids is 4. The number of ether oxygens (including phenoxy) is 3. The van der Waals surface area contributed by atoms with Gasteiger partial charge in [0.15, 0.2) is 5.78 Å². The highest BCUT2D eigenvalue weighted by molar-refractivity contribution is 6.22. The van der Waals surface area contributed by atoms with Crippen LogP contribution in [-0.4, -0.2) is 61.9 Å². The Labute approximate surface area is 179 Å². The molecule has 0 saturated heterocycles. The SMILES string of the molecule is COCC(C)C(=O)c1ccc(OCCOC(=O)CN2C(=O)c3ccccc3C2=O)cc1. The van der Waals surface area contributed by atoms with Crippen LogP contribution in [0.5, 0.6) is 5.75 Å². The van der Waals surface area contributed by atoms with Crippen molar-refractivity contribution in [3.8, 4) is 5.75 Å². The third-order valence-electron chi connectivity index (χ3n) is 4.78. The summed E-state index contributed by atoms with van der Waals surface area (Å²) in [4.78, 5) is 49.6. The Hall–Kier alpha value is -3.52. The quantitative estimate of drug-likeness (QED) is 0.249. The fourth-order valence-electron chi connectivity index (χ4n) is 3.20. The Kier molecular flexibility index (Phi) is 7.15. The normalized spacial score (nSPS) is 13.7. The van der Waals surface area contributed by atoms with Crippen molar-refractivity contribution < 1.29 is 33.4 Å². The van der Waals surface area contributed by atoms with Crippen LogP contribution in [0.4, 0.5) is 0 Å². The van der Waals surface area contributed by atoms with E-state index in [0.29, 0.717) is 17.9 Å². The van der Waals surface area contributed by atoms with Crippen LogP contribution in [0.15, 0.2) is 48.5 Å². The van der Waals surface area contributed by atoms with Gasteiger partial charge in [0.1, 0.15) is 25.5 Å². The molecule has 0 bridgehead atoms. The molecule has 2 aromatic carbocycles. The topological polar surface area (TPSA) is 99.2 Å². The summed E-state index contributed by atoms with van der Waals surface area (Å²) < 4.78 is 15.6. The van der Waals surface area contributed by atoms with E-state index in [9.17, 15) is 19.2 Å². The molecule has 0 aromatic heterocycles. The Bertz CT molecular complexity index is 949. The summed E-state index contributed by atoms with van der Waals surface area (Å²) >= 11 is 0. The number of Topliss-reactive ketones (excluding diaryl/α,β-unsaturated/α-hetero) is 1. The van der Waals surface area contributed by atoms with Crippen molar-refractivity contribution in [2.24, 2.45) is 5.92 Å². The maximum absolute atomic E-state index is 12.3. The molecular weight excluding hydrogens is 402 g/mol. The number of esters is 1. The molecule has 31 heavy (non-hydrogen) atoms. The molecule has 0 fully saturated rings. The lowest BCUT2D eigenvalue weighted by Gasteiger charge is -2.13. The summed E-state index contributed by atoms with van der Waals surface area (Å²) in [5, 5.41) is 0. The fourth-order valence-corrected chi connectivity index (χ4v) is 3.20. The largest absolute Gasteiger partial charge is 0.490 e. The lowest BCUT2D eigenvalue weighted by molar-refractivity contribution is -0.144. The third kappa shape index (κ3) is 5.16. The predicted octanol–water partition coefficient (Wildman–Crippen LogP) is 2.37. The predicted molar refractivity (Wildman–Crippen MR) is 110 cm³/mol. The van der Waals surface area contributed by atoms with Gasteiger partial charge in [-0.25, -0.2) is 0 Å². The standard InChI is InChI=1S/C23H23NO7/c1-15(14-29-2)21(26)16-7-9-17(10-8-16)30-11-12-31-20(25)13-24-22(27)18-5-3-4-6-19(18)23(24)28/h3-10,15H,11-14H2,1-2H3. The highest BCUT2D eigenvalue weighted by Gasteiger charge is 2.36. The maximum atomic E-state index is 12.3. The molecular formula is C23H23NO7. The minimum Gasteiger partial charge on any atom is -0.490 e. The Morgan fingerprint density at radius 3 is 2.13 bits per heavy atom. The van der Waals surface area contributed by atoms with E-state index in [0.717, 1.165) is 4.90 Å². The van der Waals surface area contributed by atoms with Gasteiger partial charge >= 0.3 is 5.97 Å². The highest BCUT2D eigenvalue weighted by atomic mass is 16.6. The second kappa shape index (κ2) is 9.99. The summed E-state index contributed by atoms with van der Waals surface area (Å²) in [5.74, 6) is -1.46. The second-order valence-corrected chi connectivity index (χ2v) is 7.06. The minimum absolute atomic E-state index is 0.0181. The van der Waals surface area contributed by atoms with E-state index in [1.807, 2.05) is 0 Å². The molecule has 162 valence electrons. The first-order chi connectivity index (χ1) is 14.9. The van der Waals surface area contributed by atoms with Gasteiger partial charge in [0.05, 0.1) is 17.7 Å². The first-order valence-corrected chi connectivity index (χ1v) is 9.79. The van der Waals surface area contributed by atoms with Crippen molar-refractivity contribution in [2.75, 3.05) is 33.5 Å². The number of ketones is 1. The molecule has 3 rings (SSSR count). The van der Waals surface area contributed by atoms with E-state index in [4.69, 9.17) is 14.2 Å². The summed E-state index contributed by atoms with van der Waals surface area (Å²) in [6.07, 6.45) is 0. The average molecular weight is 425 g/mol. The van der Waals surface area contributed by atoms with Gasteiger partial charge in [-0.2, -0.15) is 0 Å². The van der Waals surface area contributed by atoms with Gasteiger partial charge in [0, 0.05) is 18.6 Å². The minimum atomic E-state index is -0.703. The molecule has 0 spiro atoms. The lowest BCUT2D eigenvalue weighted by Crippen LogP contribution is -2.36. The monoisotopic (exact) mass is 425 g/mol. The number of amides is 2. The van der Waals surface area contributed by atoms with Gasteiger partial charge in [0.25, 0.3) is 11.8 Å². The first-order valence-electron chi connectivity index (χ1n) is 9.79. The Balaban J connectivity index is 1.42. The zero-order valence-corrected chi connectivity index (χ0v) is 17.3. The van der Waals surface area contributed by atoms with Gasteiger partial charge in [-0.1, -0.05) is 19.1 Å². The molecule has 0 radical (unpaired) electrons. The van der Waals surface area contributed by atoms with E-state index >= 15 is 0 Å². The lowest BCUT2D eigenvalue weighted by atomic mass is 10.0. The number of carbonyl (C=O) groups is 4. The van der Waals surface area contributed by atoms with Crippen molar-refractivity contribution in [3.63, 3.8) is 0 Å². The van der Waals surface area contributed by atoms with Crippen molar-refractivity contribution in [1.29, 1.82) is 0 Å². The Morgan fingerprint density at radius 1 is 0.935 bits per heavy atom. The molecule has 2 amide bonds. The number of rotatable bonds is 10. The number of nitrogens with zero attached hydrogens (tertiary/aromatic N) is 1. The average Bonchev–Trinajstić information content (AvgIpc) is 3.02. The van der Waals surface area contributed by atoms with E-state index in [2.05, 4.69) is 0 Å². The summed E-state index contributed by atoms with van der Waals surface area (Å²) in [7, 11) is 1.55. The summed E-state index contributed by atoms with van der Waals surface area (Å²) in [5.41, 5.74) is 1.12. The van der Waals surface area contributed by atoms with Crippen LogP contribution in [0.3, 0.4) is 0 Å². The summed E-state index contributed by atoms with van der Waals surface area (Å²) in [6.45, 7) is 1.73. The van der Waals surface area contributed by atoms with Crippen LogP contribution in [0, 0.1) is 5.92 Å². The number of hydrogen-bond acceptors (Lipinski definition) is 7. The van der Waals surface area contributed by atoms with Gasteiger partial charge in [-0.3, -0.25) is 24.1 Å². The molecule has 1 unspecified atom stereocenters. The number of methoxy groups -OCH3 is 1. The van der Waals surface area contributed by atoms with Crippen LogP contribution in [0.2, 0.25) is 0 Å². The van der Waals surface area contributed by atoms with Crippen LogP contribution in [-0.2, 0) is 14.3 Å². The highest BCUT2D eigenvalue weighted by Crippen LogP contribution is 2.22. The van der Waals surface area contributed by atoms with Gasteiger partial charge < -0.3 is 14.2 Å². The van der Waals surface area contributed by atoms with Crippen LogP contribution >= 0.6 is 0 Å². The van der Waals surface area contributed by atoms with Crippen molar-refractivity contribution in [3.05, 3.63) is 65.2 Å². The van der Waals surface area contributed by atoms with E-state index in [1.54, 1.807) is 62.6 Å². The third-order valence-corrected chi connectivity index (χ3v) is 4.78. The molecule has 8 heteroatoms. The molecule has 1 aliphatic rings. The molecule has 1 heterocycles. The second-order valence-electron chi connectivity index (χ2n) is 7.06. The van der Waals surface area contributed by atoms with E-state index < -0.39 is 24.3 Å². The molecule has 1 aliphatic heterocycles. The number of benzene rings is 2. The number of hydrogen-bond donors (Lipinski definition) is 0. The van der Waals surface area contributed by atoms with Crippen LogP contribution in [0.1, 0.15) is 38.0 Å². The molecule has 2 aromatic rings. The van der Waals surface area contributed by atoms with Crippen molar-refractivity contribution >= 4 is 23.6 Å². The fraction of sp³-hybridized carbons (Fsp3) is 0.304. The van der Waals surface area contributed by atoms with E-state index in [1.165, 1.54) is 0 Å². The van der Waals surface area contributed by atoms with Crippen molar-refractivity contribution in [2.45, 2.75) is 6.92 Å². The van der Waals surface area contributed by atoms with Crippen LogP contribution in [0.25, 0.3) is 0 Å². The smallest absolute Gasteiger partial charge is 0.326 e. The number of fused-ring (bicyclic) bond motifs is 1. The zero-order valence-electron chi connectivity index (χ0n) is 17.3. The molecule has 0 N–H and O–H groups in total. The van der Waals surface area contributed by atoms with Gasteiger partial charge in [-0.05, 0) is 36.4 Å². The van der Waals surface area contributed by atoms with Crippen LogP contribution < -0.4 is 4.74 Å². The zero-order chi connectivity index (χ0) is 22.4. The maximum Gasteiger partial charge on any atom is 0.326 e. The molecule has 0 saturated carbocycles.